The molecule has 0 fully saturated rings. The van der Waals surface area contributed by atoms with Crippen LogP contribution in [0.1, 0.15) is 5.69 Å². The summed E-state index contributed by atoms with van der Waals surface area (Å²) in [6, 6.07) is 7.96. The van der Waals surface area contributed by atoms with Gasteiger partial charge in [0, 0.05) is 11.1 Å². The Hall–Kier alpha value is -1.16. The predicted molar refractivity (Wildman–Crippen MR) is 65.6 cm³/mol. The number of nitrogens with zero attached hydrogens (tertiary/aromatic N) is 1. The molecule has 17 heavy (non-hydrogen) atoms. The number of aliphatic hydroxyl groups is 1. The van der Waals surface area contributed by atoms with Gasteiger partial charge in [-0.1, -0.05) is 29.3 Å². The van der Waals surface area contributed by atoms with Crippen LogP contribution in [-0.4, -0.2) is 10.1 Å². The van der Waals surface area contributed by atoms with E-state index in [2.05, 4.69) is 4.98 Å². The normalized spacial score (nSPS) is 10.6. The number of pyridine rings is 1. The third-order valence-electron chi connectivity index (χ3n) is 2.30. The van der Waals surface area contributed by atoms with Gasteiger partial charge in [-0.3, -0.25) is 0 Å². The summed E-state index contributed by atoms with van der Waals surface area (Å²) in [5, 5.41) is 9.56. The summed E-state index contributed by atoms with van der Waals surface area (Å²) in [7, 11) is 0. The average molecular weight is 272 g/mol. The molecule has 2 nitrogen and oxygen atoms in total. The Labute approximate surface area is 108 Å². The highest BCUT2D eigenvalue weighted by Gasteiger charge is 2.13. The van der Waals surface area contributed by atoms with E-state index in [-0.39, 0.29) is 17.9 Å². The first-order valence-electron chi connectivity index (χ1n) is 4.84. The second-order valence-corrected chi connectivity index (χ2v) is 4.21. The zero-order chi connectivity index (χ0) is 12.4. The highest BCUT2D eigenvalue weighted by molar-refractivity contribution is 6.39. The molecular weight excluding hydrogens is 264 g/mol. The Kier molecular flexibility index (Phi) is 3.62. The van der Waals surface area contributed by atoms with E-state index in [9.17, 15) is 4.39 Å². The van der Waals surface area contributed by atoms with Gasteiger partial charge < -0.3 is 5.11 Å². The van der Waals surface area contributed by atoms with Crippen molar-refractivity contribution < 1.29 is 9.50 Å². The Balaban J connectivity index is 2.61. The SMILES string of the molecule is OCc1ccc(-c2c(Cl)cccc2Cl)c(F)n1. The van der Waals surface area contributed by atoms with Crippen molar-refractivity contribution in [2.24, 2.45) is 0 Å². The van der Waals surface area contributed by atoms with Crippen molar-refractivity contribution in [1.82, 2.24) is 4.98 Å². The minimum Gasteiger partial charge on any atom is -0.390 e. The fourth-order valence-electron chi connectivity index (χ4n) is 1.50. The number of benzene rings is 1. The summed E-state index contributed by atoms with van der Waals surface area (Å²) in [4.78, 5) is 3.62. The lowest BCUT2D eigenvalue weighted by Crippen LogP contribution is -1.96. The predicted octanol–water partition coefficient (Wildman–Crippen LogP) is 3.69. The number of rotatable bonds is 2. The average Bonchev–Trinajstić information content (AvgIpc) is 2.30. The van der Waals surface area contributed by atoms with E-state index in [1.165, 1.54) is 12.1 Å². The third-order valence-corrected chi connectivity index (χ3v) is 2.93. The molecule has 0 aliphatic heterocycles. The summed E-state index contributed by atoms with van der Waals surface area (Å²) >= 11 is 12.0. The molecule has 0 aliphatic carbocycles. The van der Waals surface area contributed by atoms with Gasteiger partial charge in [-0.05, 0) is 24.3 Å². The van der Waals surface area contributed by atoms with Crippen LogP contribution in [0.3, 0.4) is 0 Å². The first kappa shape index (κ1) is 12.3. The summed E-state index contributed by atoms with van der Waals surface area (Å²) in [5.41, 5.74) is 0.887. The summed E-state index contributed by atoms with van der Waals surface area (Å²) < 4.78 is 13.7. The highest BCUT2D eigenvalue weighted by atomic mass is 35.5. The van der Waals surface area contributed by atoms with E-state index in [1.54, 1.807) is 18.2 Å². The van der Waals surface area contributed by atoms with E-state index in [1.807, 2.05) is 0 Å². The second kappa shape index (κ2) is 5.00. The van der Waals surface area contributed by atoms with Gasteiger partial charge >= 0.3 is 0 Å². The van der Waals surface area contributed by atoms with Crippen LogP contribution in [-0.2, 0) is 6.61 Å². The van der Waals surface area contributed by atoms with Crippen molar-refractivity contribution in [2.75, 3.05) is 0 Å². The molecule has 1 N–H and O–H groups in total. The lowest BCUT2D eigenvalue weighted by molar-refractivity contribution is 0.275. The number of hydrogen-bond donors (Lipinski definition) is 1. The highest BCUT2D eigenvalue weighted by Crippen LogP contribution is 2.35. The van der Waals surface area contributed by atoms with Crippen LogP contribution < -0.4 is 0 Å². The smallest absolute Gasteiger partial charge is 0.221 e. The quantitative estimate of drug-likeness (QED) is 0.846. The van der Waals surface area contributed by atoms with Gasteiger partial charge in [0.15, 0.2) is 0 Å². The summed E-state index contributed by atoms with van der Waals surface area (Å²) in [6.07, 6.45) is 0. The molecule has 0 atom stereocenters. The van der Waals surface area contributed by atoms with Gasteiger partial charge in [-0.2, -0.15) is 4.39 Å². The molecular formula is C12H8Cl2FNO. The third kappa shape index (κ3) is 2.41. The van der Waals surface area contributed by atoms with Gasteiger partial charge in [0.1, 0.15) is 0 Å². The summed E-state index contributed by atoms with van der Waals surface area (Å²) in [6.45, 7) is -0.312. The van der Waals surface area contributed by atoms with Gasteiger partial charge in [-0.15, -0.1) is 0 Å². The minimum absolute atomic E-state index is 0.220. The molecule has 0 radical (unpaired) electrons. The molecule has 88 valence electrons. The van der Waals surface area contributed by atoms with E-state index >= 15 is 0 Å². The Morgan fingerprint density at radius 2 is 1.76 bits per heavy atom. The van der Waals surface area contributed by atoms with Crippen LogP contribution in [0.15, 0.2) is 30.3 Å². The van der Waals surface area contributed by atoms with Crippen molar-refractivity contribution in [3.8, 4) is 11.1 Å². The topological polar surface area (TPSA) is 33.1 Å². The lowest BCUT2D eigenvalue weighted by atomic mass is 10.1. The first-order chi connectivity index (χ1) is 8.13. The molecule has 2 aromatic rings. The van der Waals surface area contributed by atoms with Crippen LogP contribution in [0.2, 0.25) is 10.0 Å². The maximum Gasteiger partial charge on any atom is 0.221 e. The number of halogens is 3. The largest absolute Gasteiger partial charge is 0.390 e. The van der Waals surface area contributed by atoms with E-state index < -0.39 is 5.95 Å². The molecule has 0 spiro atoms. The van der Waals surface area contributed by atoms with Crippen LogP contribution in [0.4, 0.5) is 4.39 Å². The molecule has 0 aliphatic rings. The van der Waals surface area contributed by atoms with Gasteiger partial charge in [-0.25, -0.2) is 4.98 Å². The first-order valence-corrected chi connectivity index (χ1v) is 5.59. The minimum atomic E-state index is -0.702. The fourth-order valence-corrected chi connectivity index (χ4v) is 2.10. The van der Waals surface area contributed by atoms with Crippen LogP contribution >= 0.6 is 23.2 Å². The molecule has 2 rings (SSSR count). The van der Waals surface area contributed by atoms with Crippen molar-refractivity contribution in [3.63, 3.8) is 0 Å². The maximum atomic E-state index is 13.7. The maximum absolute atomic E-state index is 13.7. The molecule has 0 amide bonds. The monoisotopic (exact) mass is 271 g/mol. The molecule has 0 bridgehead atoms. The van der Waals surface area contributed by atoms with Crippen LogP contribution in [0.5, 0.6) is 0 Å². The van der Waals surface area contributed by atoms with Gasteiger partial charge in [0.25, 0.3) is 0 Å². The van der Waals surface area contributed by atoms with Crippen molar-refractivity contribution in [2.45, 2.75) is 6.61 Å². The van der Waals surface area contributed by atoms with Crippen molar-refractivity contribution in [3.05, 3.63) is 52.0 Å². The molecule has 0 unspecified atom stereocenters. The summed E-state index contributed by atoms with van der Waals surface area (Å²) in [5.74, 6) is -0.702. The van der Waals surface area contributed by atoms with E-state index in [4.69, 9.17) is 28.3 Å². The van der Waals surface area contributed by atoms with Gasteiger partial charge in [0.2, 0.25) is 5.95 Å². The number of aromatic nitrogens is 1. The molecule has 1 aromatic heterocycles. The Morgan fingerprint density at radius 3 is 2.29 bits per heavy atom. The Morgan fingerprint density at radius 1 is 1.12 bits per heavy atom. The van der Waals surface area contributed by atoms with Crippen LogP contribution in [0, 0.1) is 5.95 Å². The fraction of sp³-hybridized carbons (Fsp3) is 0.0833. The standard InChI is InChI=1S/C12H8Cl2FNO/c13-9-2-1-3-10(14)11(9)8-5-4-7(6-17)16-12(8)15/h1-5,17H,6H2. The Bertz CT molecular complexity index is 540. The second-order valence-electron chi connectivity index (χ2n) is 3.40. The number of aliphatic hydroxyl groups excluding tert-OH is 1. The lowest BCUT2D eigenvalue weighted by Gasteiger charge is -2.08. The molecule has 1 heterocycles. The van der Waals surface area contributed by atoms with Crippen LogP contribution in [0.25, 0.3) is 11.1 Å². The zero-order valence-corrected chi connectivity index (χ0v) is 10.1. The number of hydrogen-bond acceptors (Lipinski definition) is 2. The van der Waals surface area contributed by atoms with Crippen molar-refractivity contribution >= 4 is 23.2 Å². The van der Waals surface area contributed by atoms with Gasteiger partial charge in [0.05, 0.1) is 22.3 Å². The van der Waals surface area contributed by atoms with Crippen molar-refractivity contribution in [1.29, 1.82) is 0 Å². The van der Waals surface area contributed by atoms with E-state index in [0.29, 0.717) is 15.6 Å². The zero-order valence-electron chi connectivity index (χ0n) is 8.62. The molecule has 1 aromatic carbocycles. The molecule has 0 saturated carbocycles. The molecule has 0 saturated heterocycles. The van der Waals surface area contributed by atoms with E-state index in [0.717, 1.165) is 0 Å². The molecule has 5 heteroatoms.